The van der Waals surface area contributed by atoms with Crippen LogP contribution in [0.3, 0.4) is 0 Å². The van der Waals surface area contributed by atoms with E-state index in [-0.39, 0.29) is 24.9 Å². The predicted molar refractivity (Wildman–Crippen MR) is 117 cm³/mol. The molecule has 4 aromatic rings. The van der Waals surface area contributed by atoms with E-state index < -0.39 is 11.7 Å². The lowest BCUT2D eigenvalue weighted by Crippen LogP contribution is -2.25. The summed E-state index contributed by atoms with van der Waals surface area (Å²) >= 11 is 1.64. The Labute approximate surface area is 186 Å². The van der Waals surface area contributed by atoms with E-state index in [1.54, 1.807) is 27.7 Å². The van der Waals surface area contributed by atoms with Gasteiger partial charge in [0.25, 0.3) is 5.91 Å². The second-order valence-corrected chi connectivity index (χ2v) is 8.22. The third-order valence-electron chi connectivity index (χ3n) is 5.01. The van der Waals surface area contributed by atoms with Gasteiger partial charge in [-0.1, -0.05) is 17.3 Å². The summed E-state index contributed by atoms with van der Waals surface area (Å²) in [6.07, 6.45) is 2.17. The minimum Gasteiger partial charge on any atom is -0.346 e. The van der Waals surface area contributed by atoms with Crippen molar-refractivity contribution in [3.05, 3.63) is 82.7 Å². The lowest BCUT2D eigenvalue weighted by molar-refractivity contribution is -0.130. The van der Waals surface area contributed by atoms with Crippen molar-refractivity contribution in [1.82, 2.24) is 25.8 Å². The van der Waals surface area contributed by atoms with Gasteiger partial charge >= 0.3 is 0 Å². The van der Waals surface area contributed by atoms with E-state index in [1.165, 1.54) is 24.3 Å². The quantitative estimate of drug-likeness (QED) is 0.280. The van der Waals surface area contributed by atoms with Crippen molar-refractivity contribution in [3.8, 4) is 0 Å². The molecule has 0 fully saturated rings. The number of nitrogens with one attached hydrogen (secondary N) is 2. The summed E-state index contributed by atoms with van der Waals surface area (Å²) < 4.78 is 15.7. The number of amides is 2. The van der Waals surface area contributed by atoms with Crippen molar-refractivity contribution in [3.63, 3.8) is 0 Å². The van der Waals surface area contributed by atoms with E-state index in [2.05, 4.69) is 21.7 Å². The average molecular weight is 453 g/mol. The number of aromatic nitrogens is 3. The fourth-order valence-electron chi connectivity index (χ4n) is 3.36. The van der Waals surface area contributed by atoms with E-state index in [9.17, 15) is 14.0 Å². The van der Waals surface area contributed by atoms with Crippen LogP contribution in [0.2, 0.25) is 0 Å². The van der Waals surface area contributed by atoms with Crippen LogP contribution in [0.5, 0.6) is 0 Å². The Hall–Kier alpha value is -3.63. The maximum atomic E-state index is 13.0. The van der Waals surface area contributed by atoms with E-state index in [0.29, 0.717) is 17.7 Å². The highest BCUT2D eigenvalue weighted by Gasteiger charge is 2.19. The maximum Gasteiger partial charge on any atom is 0.251 e. The summed E-state index contributed by atoms with van der Waals surface area (Å²) in [5.74, 6) is -1.31. The molecular weight excluding hydrogens is 433 g/mol. The molecule has 164 valence electrons. The smallest absolute Gasteiger partial charge is 0.251 e. The first-order chi connectivity index (χ1) is 15.5. The number of rotatable bonds is 8. The second-order valence-electron chi connectivity index (χ2n) is 7.27. The fourth-order valence-corrected chi connectivity index (χ4v) is 4.22. The average Bonchev–Trinajstić information content (AvgIpc) is 3.46. The lowest BCUT2D eigenvalue weighted by atomic mass is 10.0. The molecule has 8 nitrogen and oxygen atoms in total. The van der Waals surface area contributed by atoms with Crippen LogP contribution in [-0.2, 0) is 17.8 Å². The third-order valence-corrected chi connectivity index (χ3v) is 5.89. The maximum absolute atomic E-state index is 13.0. The Balaban J connectivity index is 1.46. The Morgan fingerprint density at radius 2 is 1.97 bits per heavy atom. The van der Waals surface area contributed by atoms with E-state index in [0.717, 1.165) is 15.6 Å². The van der Waals surface area contributed by atoms with Gasteiger partial charge in [-0.3, -0.25) is 14.8 Å². The number of carbonyl (C=O) groups excluding carboxylic acids is 2. The summed E-state index contributed by atoms with van der Waals surface area (Å²) in [5, 5.41) is 23.1. The predicted octanol–water partition coefficient (Wildman–Crippen LogP) is 3.24. The van der Waals surface area contributed by atoms with Crippen molar-refractivity contribution in [2.45, 2.75) is 25.4 Å². The van der Waals surface area contributed by atoms with Crippen LogP contribution in [-0.4, -0.2) is 32.0 Å². The first kappa shape index (κ1) is 21.6. The molecule has 2 amide bonds. The van der Waals surface area contributed by atoms with Gasteiger partial charge in [0, 0.05) is 10.3 Å². The summed E-state index contributed by atoms with van der Waals surface area (Å²) in [6, 6.07) is 13.0. The zero-order chi connectivity index (χ0) is 22.5. The number of halogens is 1. The van der Waals surface area contributed by atoms with Crippen LogP contribution >= 0.6 is 11.3 Å². The minimum atomic E-state index is -0.533. The molecule has 0 aliphatic carbocycles. The summed E-state index contributed by atoms with van der Waals surface area (Å²) in [4.78, 5) is 24.1. The largest absolute Gasteiger partial charge is 0.346 e. The molecule has 0 spiro atoms. The van der Waals surface area contributed by atoms with Gasteiger partial charge in [0.2, 0.25) is 5.91 Å². The zero-order valence-corrected chi connectivity index (χ0v) is 17.7. The molecule has 0 aliphatic heterocycles. The van der Waals surface area contributed by atoms with Crippen LogP contribution in [0.1, 0.15) is 34.1 Å². The Bertz CT molecular complexity index is 1240. The number of hydrogen-bond acceptors (Lipinski definition) is 6. The number of carbonyl (C=O) groups is 2. The Morgan fingerprint density at radius 1 is 1.16 bits per heavy atom. The number of benzene rings is 2. The number of nitrogens with zero attached hydrogens (tertiary/aromatic N) is 3. The molecule has 0 radical (unpaired) electrons. The van der Waals surface area contributed by atoms with E-state index in [1.807, 2.05) is 23.6 Å². The molecule has 2 aromatic heterocycles. The van der Waals surface area contributed by atoms with Gasteiger partial charge in [-0.05, 0) is 59.1 Å². The monoisotopic (exact) mass is 453 g/mol. The van der Waals surface area contributed by atoms with E-state index in [4.69, 9.17) is 5.21 Å². The fraction of sp³-hybridized carbons (Fsp3) is 0.182. The van der Waals surface area contributed by atoms with Crippen molar-refractivity contribution in [2.24, 2.45) is 0 Å². The molecule has 2 heterocycles. The molecule has 3 N–H and O–H groups in total. The van der Waals surface area contributed by atoms with Crippen LogP contribution in [0, 0.1) is 5.82 Å². The lowest BCUT2D eigenvalue weighted by Gasteiger charge is -2.16. The molecule has 10 heteroatoms. The summed E-state index contributed by atoms with van der Waals surface area (Å²) in [6.45, 7) is 0.121. The topological polar surface area (TPSA) is 109 Å². The molecule has 1 unspecified atom stereocenters. The molecule has 0 saturated carbocycles. The minimum absolute atomic E-state index is 0.00369. The molecule has 32 heavy (non-hydrogen) atoms. The first-order valence-corrected chi connectivity index (χ1v) is 10.7. The highest BCUT2D eigenvalue weighted by Crippen LogP contribution is 2.25. The van der Waals surface area contributed by atoms with Gasteiger partial charge in [-0.15, -0.1) is 16.4 Å². The first-order valence-electron chi connectivity index (χ1n) is 9.85. The highest BCUT2D eigenvalue weighted by atomic mass is 32.1. The highest BCUT2D eigenvalue weighted by molar-refractivity contribution is 7.17. The Morgan fingerprint density at radius 3 is 2.75 bits per heavy atom. The summed E-state index contributed by atoms with van der Waals surface area (Å²) in [7, 11) is 0. The van der Waals surface area contributed by atoms with Crippen molar-refractivity contribution in [2.75, 3.05) is 0 Å². The molecule has 0 bridgehead atoms. The van der Waals surface area contributed by atoms with Crippen molar-refractivity contribution < 1.29 is 19.2 Å². The van der Waals surface area contributed by atoms with E-state index >= 15 is 0 Å². The van der Waals surface area contributed by atoms with Gasteiger partial charge in [0.15, 0.2) is 0 Å². The zero-order valence-electron chi connectivity index (χ0n) is 16.9. The van der Waals surface area contributed by atoms with Gasteiger partial charge in [-0.2, -0.15) is 0 Å². The Kier molecular flexibility index (Phi) is 6.52. The molecule has 1 atom stereocenters. The molecule has 0 aliphatic rings. The van der Waals surface area contributed by atoms with Gasteiger partial charge < -0.3 is 5.32 Å². The number of fused-ring (bicyclic) bond motifs is 1. The van der Waals surface area contributed by atoms with Crippen molar-refractivity contribution in [1.29, 1.82) is 0 Å². The standard InChI is InChI=1S/C22H20FN5O3S/c23-17-5-3-16(4-6-17)22(30)24-12-18-13-28(27-25-18)19(11-21(29)26-31)9-14-1-2-15-7-8-32-20(15)10-14/h1-8,10,13,19,31H,9,11-12H2,(H,24,30)(H,26,29). The van der Waals surface area contributed by atoms with Crippen molar-refractivity contribution >= 4 is 33.2 Å². The van der Waals surface area contributed by atoms with Gasteiger partial charge in [0.1, 0.15) is 11.5 Å². The SMILES string of the molecule is O=C(CC(Cc1ccc2ccsc2c1)n1cc(CNC(=O)c2ccc(F)cc2)nn1)NO. The number of hydroxylamine groups is 1. The third kappa shape index (κ3) is 5.16. The van der Waals surface area contributed by atoms with Crippen LogP contribution < -0.4 is 10.8 Å². The molecule has 4 rings (SSSR count). The summed E-state index contributed by atoms with van der Waals surface area (Å²) in [5.41, 5.74) is 3.53. The van der Waals surface area contributed by atoms with Gasteiger partial charge in [0.05, 0.1) is 25.2 Å². The van der Waals surface area contributed by atoms with Crippen LogP contribution in [0.25, 0.3) is 10.1 Å². The number of thiophene rings is 1. The van der Waals surface area contributed by atoms with Crippen LogP contribution in [0.4, 0.5) is 4.39 Å². The van der Waals surface area contributed by atoms with Gasteiger partial charge in [-0.25, -0.2) is 14.6 Å². The number of hydrogen-bond donors (Lipinski definition) is 3. The normalized spacial score (nSPS) is 11.9. The molecule has 2 aromatic carbocycles. The second kappa shape index (κ2) is 9.67. The van der Waals surface area contributed by atoms with Crippen LogP contribution in [0.15, 0.2) is 60.1 Å². The molecule has 0 saturated heterocycles. The molecular formula is C22H20FN5O3S.